The first-order valence-electron chi connectivity index (χ1n) is 11.0. The highest BCUT2D eigenvalue weighted by atomic mass is 16.8. The van der Waals surface area contributed by atoms with E-state index in [0.717, 1.165) is 19.3 Å². The van der Waals surface area contributed by atoms with Crippen molar-refractivity contribution in [2.75, 3.05) is 0 Å². The number of carboxylic acids is 1. The maximum absolute atomic E-state index is 12.6. The minimum Gasteiger partial charge on any atom is -0.479 e. The summed E-state index contributed by atoms with van der Waals surface area (Å²) in [6, 6.07) is 0. The molecule has 1 heterocycles. The van der Waals surface area contributed by atoms with Crippen molar-refractivity contribution in [3.63, 3.8) is 0 Å². The number of aliphatic hydroxyl groups excluding tert-OH is 1. The van der Waals surface area contributed by atoms with Crippen molar-refractivity contribution < 1.29 is 29.3 Å². The number of ether oxygens (including phenoxy) is 2. The minimum atomic E-state index is -1.42. The Bertz CT molecular complexity index is 816. The number of hydrogen-bond acceptors (Lipinski definition) is 5. The first-order valence-corrected chi connectivity index (χ1v) is 11.0. The summed E-state index contributed by atoms with van der Waals surface area (Å²) >= 11 is 0. The van der Waals surface area contributed by atoms with Gasteiger partial charge in [-0.3, -0.25) is 4.79 Å². The van der Waals surface area contributed by atoms with Crippen LogP contribution in [0.2, 0.25) is 0 Å². The van der Waals surface area contributed by atoms with Crippen molar-refractivity contribution in [3.05, 3.63) is 11.6 Å². The molecular formula is C23H32O6. The number of aliphatic hydroxyl groups is 1. The Morgan fingerprint density at radius 2 is 1.93 bits per heavy atom. The summed E-state index contributed by atoms with van der Waals surface area (Å²) in [4.78, 5) is 24.6. The van der Waals surface area contributed by atoms with Gasteiger partial charge in [-0.2, -0.15) is 0 Å². The average Bonchev–Trinajstić information content (AvgIpc) is 3.02. The molecule has 2 N–H and O–H groups in total. The van der Waals surface area contributed by atoms with Crippen LogP contribution in [-0.2, 0) is 19.1 Å². The van der Waals surface area contributed by atoms with Crippen LogP contribution in [0.25, 0.3) is 0 Å². The van der Waals surface area contributed by atoms with Gasteiger partial charge in [0.05, 0.1) is 6.10 Å². The molecule has 3 saturated carbocycles. The highest BCUT2D eigenvalue weighted by Crippen LogP contribution is 2.70. The van der Waals surface area contributed by atoms with Crippen LogP contribution >= 0.6 is 0 Å². The third kappa shape index (κ3) is 2.28. The van der Waals surface area contributed by atoms with Gasteiger partial charge in [0.25, 0.3) is 0 Å². The van der Waals surface area contributed by atoms with Gasteiger partial charge >= 0.3 is 5.97 Å². The SMILES string of the molecule is CC1(C)O[C@@H]2C[C@H]3[C@@H]4CCC5=CC(=O)CC[C@]5(C)[C@H]4[C@@H](O)C[C@]3(C)[C@]2(C(=O)O)O1. The Hall–Kier alpha value is -1.24. The van der Waals surface area contributed by atoms with Crippen LogP contribution in [0.3, 0.4) is 0 Å². The summed E-state index contributed by atoms with van der Waals surface area (Å²) in [7, 11) is 0. The number of fused-ring (bicyclic) bond motifs is 7. The summed E-state index contributed by atoms with van der Waals surface area (Å²) in [5, 5.41) is 21.8. The number of rotatable bonds is 1. The lowest BCUT2D eigenvalue weighted by molar-refractivity contribution is -0.234. The number of allylic oxidation sites excluding steroid dienone is 1. The zero-order valence-corrected chi connectivity index (χ0v) is 17.7. The van der Waals surface area contributed by atoms with E-state index in [9.17, 15) is 19.8 Å². The maximum atomic E-state index is 12.6. The van der Waals surface area contributed by atoms with Gasteiger partial charge in [0.1, 0.15) is 6.10 Å². The minimum absolute atomic E-state index is 0.0476. The summed E-state index contributed by atoms with van der Waals surface area (Å²) in [6.45, 7) is 7.74. The zero-order chi connectivity index (χ0) is 21.0. The molecule has 1 aliphatic heterocycles. The molecule has 5 aliphatic rings. The molecule has 0 amide bonds. The molecule has 5 rings (SSSR count). The van der Waals surface area contributed by atoms with Crippen LogP contribution in [0.5, 0.6) is 0 Å². The lowest BCUT2D eigenvalue weighted by atomic mass is 9.45. The van der Waals surface area contributed by atoms with E-state index < -0.39 is 35.0 Å². The highest BCUT2D eigenvalue weighted by Gasteiger charge is 2.77. The van der Waals surface area contributed by atoms with Gasteiger partial charge in [-0.15, -0.1) is 0 Å². The smallest absolute Gasteiger partial charge is 0.339 e. The van der Waals surface area contributed by atoms with E-state index in [0.29, 0.717) is 19.3 Å². The van der Waals surface area contributed by atoms with E-state index >= 15 is 0 Å². The molecule has 0 aromatic rings. The van der Waals surface area contributed by atoms with E-state index in [1.165, 1.54) is 5.57 Å². The molecule has 0 aromatic carbocycles. The molecule has 8 atom stereocenters. The molecule has 0 aromatic heterocycles. The molecule has 4 fully saturated rings. The summed E-state index contributed by atoms with van der Waals surface area (Å²) < 4.78 is 12.3. The predicted molar refractivity (Wildman–Crippen MR) is 104 cm³/mol. The summed E-state index contributed by atoms with van der Waals surface area (Å²) in [5.74, 6) is -1.37. The Balaban J connectivity index is 1.58. The fraction of sp³-hybridized carbons (Fsp3) is 0.826. The molecule has 0 radical (unpaired) electrons. The van der Waals surface area contributed by atoms with Crippen molar-refractivity contribution in [3.8, 4) is 0 Å². The molecule has 0 bridgehead atoms. The lowest BCUT2D eigenvalue weighted by Gasteiger charge is -2.60. The first-order chi connectivity index (χ1) is 13.4. The van der Waals surface area contributed by atoms with Gasteiger partial charge < -0.3 is 19.7 Å². The normalized spacial score (nSPS) is 52.8. The monoisotopic (exact) mass is 404 g/mol. The number of carbonyl (C=O) groups excluding carboxylic acids is 1. The summed E-state index contributed by atoms with van der Waals surface area (Å²) in [5.41, 5.74) is -1.13. The number of hydrogen-bond donors (Lipinski definition) is 2. The largest absolute Gasteiger partial charge is 0.479 e. The molecule has 6 heteroatoms. The zero-order valence-electron chi connectivity index (χ0n) is 17.7. The van der Waals surface area contributed by atoms with Crippen molar-refractivity contribution in [1.82, 2.24) is 0 Å². The topological polar surface area (TPSA) is 93.1 Å². The standard InChI is InChI=1S/C23H32O6/c1-20(2)28-17-10-15-14-6-5-12-9-13(24)7-8-21(12,3)18(14)16(25)11-22(15,4)23(17,29-20)19(26)27/h9,14-18,25H,5-8,10-11H2,1-4H3,(H,26,27)/t14-,15-,16-,17+,18+,21-,22-,23-/m0/s1. The van der Waals surface area contributed by atoms with E-state index in [-0.39, 0.29) is 29.0 Å². The predicted octanol–water partition coefficient (Wildman–Crippen LogP) is 3.07. The lowest BCUT2D eigenvalue weighted by Crippen LogP contribution is -2.63. The average molecular weight is 405 g/mol. The van der Waals surface area contributed by atoms with Crippen LogP contribution in [-0.4, -0.2) is 45.6 Å². The Labute approximate surface area is 171 Å². The number of carbonyl (C=O) groups is 2. The van der Waals surface area contributed by atoms with E-state index in [2.05, 4.69) is 6.92 Å². The first kappa shape index (κ1) is 19.7. The number of carboxylic acid groups (broad SMARTS) is 1. The second-order valence-corrected chi connectivity index (χ2v) is 11.0. The maximum Gasteiger partial charge on any atom is 0.339 e. The van der Waals surface area contributed by atoms with Gasteiger partial charge in [0.15, 0.2) is 17.2 Å². The fourth-order valence-corrected chi connectivity index (χ4v) is 8.15. The van der Waals surface area contributed by atoms with Crippen LogP contribution in [0, 0.1) is 28.6 Å². The molecular weight excluding hydrogens is 372 g/mol. The van der Waals surface area contributed by atoms with Crippen molar-refractivity contribution in [1.29, 1.82) is 0 Å². The van der Waals surface area contributed by atoms with Crippen LogP contribution in [0.1, 0.15) is 66.2 Å². The molecule has 4 aliphatic carbocycles. The Morgan fingerprint density at radius 3 is 2.62 bits per heavy atom. The summed E-state index contributed by atoms with van der Waals surface area (Å²) in [6.07, 6.45) is 4.75. The highest BCUT2D eigenvalue weighted by molar-refractivity contribution is 5.91. The second kappa shape index (κ2) is 5.71. The van der Waals surface area contributed by atoms with Gasteiger partial charge in [-0.1, -0.05) is 19.4 Å². The van der Waals surface area contributed by atoms with Gasteiger partial charge in [0, 0.05) is 11.8 Å². The van der Waals surface area contributed by atoms with E-state index in [4.69, 9.17) is 9.47 Å². The van der Waals surface area contributed by atoms with Gasteiger partial charge in [-0.25, -0.2) is 4.79 Å². The molecule has 6 nitrogen and oxygen atoms in total. The van der Waals surface area contributed by atoms with Crippen LogP contribution < -0.4 is 0 Å². The van der Waals surface area contributed by atoms with Gasteiger partial charge in [0.2, 0.25) is 0 Å². The van der Waals surface area contributed by atoms with Crippen molar-refractivity contribution in [2.24, 2.45) is 28.6 Å². The quantitative estimate of drug-likeness (QED) is 0.698. The molecule has 1 saturated heterocycles. The van der Waals surface area contributed by atoms with Crippen molar-refractivity contribution in [2.45, 2.75) is 89.8 Å². The van der Waals surface area contributed by atoms with E-state index in [1.54, 1.807) is 13.8 Å². The Kier molecular flexibility index (Phi) is 3.88. The third-order valence-electron chi connectivity index (χ3n) is 9.21. The second-order valence-electron chi connectivity index (χ2n) is 11.0. The fourth-order valence-electron chi connectivity index (χ4n) is 8.15. The third-order valence-corrected chi connectivity index (χ3v) is 9.21. The molecule has 29 heavy (non-hydrogen) atoms. The number of ketones is 1. The van der Waals surface area contributed by atoms with Crippen molar-refractivity contribution >= 4 is 11.8 Å². The van der Waals surface area contributed by atoms with E-state index in [1.807, 2.05) is 13.0 Å². The molecule has 0 spiro atoms. The molecule has 160 valence electrons. The van der Waals surface area contributed by atoms with Gasteiger partial charge in [-0.05, 0) is 75.2 Å². The number of aliphatic carboxylic acids is 1. The van der Waals surface area contributed by atoms with Crippen LogP contribution in [0.15, 0.2) is 11.6 Å². The Morgan fingerprint density at radius 1 is 1.21 bits per heavy atom. The van der Waals surface area contributed by atoms with Crippen LogP contribution in [0.4, 0.5) is 0 Å². The molecule has 0 unspecified atom stereocenters.